The van der Waals surface area contributed by atoms with Gasteiger partial charge in [-0.3, -0.25) is 0 Å². The summed E-state index contributed by atoms with van der Waals surface area (Å²) in [5, 5.41) is 0. The van der Waals surface area contributed by atoms with Gasteiger partial charge >= 0.3 is 0 Å². The molecule has 0 saturated heterocycles. The molecule has 1 rings (SSSR count). The zero-order valence-corrected chi connectivity index (χ0v) is 8.79. The molecule has 0 unspecified atom stereocenters. The van der Waals surface area contributed by atoms with Crippen molar-refractivity contribution in [3.05, 3.63) is 23.8 Å². The van der Waals surface area contributed by atoms with Gasteiger partial charge in [0.15, 0.2) is 0 Å². The Morgan fingerprint density at radius 3 is 2.79 bits per heavy atom. The van der Waals surface area contributed by atoms with E-state index >= 15 is 0 Å². The van der Waals surface area contributed by atoms with Gasteiger partial charge in [0.05, 0.1) is 11.4 Å². The number of nitrogens with zero attached hydrogens (tertiary/aromatic N) is 2. The Balaban J connectivity index is 2.68. The molecule has 0 aliphatic carbocycles. The zero-order valence-electron chi connectivity index (χ0n) is 7.97. The van der Waals surface area contributed by atoms with Crippen molar-refractivity contribution < 1.29 is 8.42 Å². The van der Waals surface area contributed by atoms with Crippen LogP contribution in [0.5, 0.6) is 0 Å². The zero-order chi connectivity index (χ0) is 10.6. The Hall–Kier alpha value is -1.01. The standard InChI is InChI=1S/C8H13N3O2S/c1-14(12,13)5-3-8-10-4-2-7(6-9)11-8/h2,4H,3,5-6,9H2,1H3. The number of nitrogens with two attached hydrogens (primary N) is 1. The highest BCUT2D eigenvalue weighted by Crippen LogP contribution is 1.97. The number of aryl methyl sites for hydroxylation is 1. The van der Waals surface area contributed by atoms with Crippen LogP contribution in [-0.2, 0) is 22.8 Å². The SMILES string of the molecule is CS(=O)(=O)CCc1nccc(CN)n1. The summed E-state index contributed by atoms with van der Waals surface area (Å²) in [4.78, 5) is 8.05. The highest BCUT2D eigenvalue weighted by Gasteiger charge is 2.05. The minimum Gasteiger partial charge on any atom is -0.325 e. The second-order valence-electron chi connectivity index (χ2n) is 3.05. The third kappa shape index (κ3) is 3.80. The van der Waals surface area contributed by atoms with Crippen LogP contribution < -0.4 is 5.73 Å². The number of hydrogen-bond acceptors (Lipinski definition) is 5. The molecule has 0 saturated carbocycles. The molecule has 0 spiro atoms. The van der Waals surface area contributed by atoms with E-state index in [9.17, 15) is 8.42 Å². The van der Waals surface area contributed by atoms with Crippen molar-refractivity contribution >= 4 is 9.84 Å². The molecule has 5 nitrogen and oxygen atoms in total. The van der Waals surface area contributed by atoms with E-state index in [1.807, 2.05) is 0 Å². The van der Waals surface area contributed by atoms with E-state index in [-0.39, 0.29) is 5.75 Å². The van der Waals surface area contributed by atoms with Crippen molar-refractivity contribution in [3.8, 4) is 0 Å². The number of rotatable bonds is 4. The largest absolute Gasteiger partial charge is 0.325 e. The Labute approximate surface area is 83.3 Å². The third-order valence-corrected chi connectivity index (χ3v) is 2.61. The van der Waals surface area contributed by atoms with Crippen molar-refractivity contribution in [2.75, 3.05) is 12.0 Å². The van der Waals surface area contributed by atoms with Gasteiger partial charge in [0.1, 0.15) is 15.7 Å². The van der Waals surface area contributed by atoms with Gasteiger partial charge in [-0.2, -0.15) is 0 Å². The summed E-state index contributed by atoms with van der Waals surface area (Å²) < 4.78 is 21.8. The van der Waals surface area contributed by atoms with Gasteiger partial charge in [-0.05, 0) is 6.07 Å². The van der Waals surface area contributed by atoms with Gasteiger partial charge in [0.25, 0.3) is 0 Å². The molecule has 2 N–H and O–H groups in total. The maximum Gasteiger partial charge on any atom is 0.147 e. The number of hydrogen-bond donors (Lipinski definition) is 1. The molecule has 1 heterocycles. The minimum atomic E-state index is -2.95. The van der Waals surface area contributed by atoms with E-state index in [0.717, 1.165) is 5.69 Å². The highest BCUT2D eigenvalue weighted by atomic mass is 32.2. The molecule has 0 fully saturated rings. The Bertz CT molecular complexity index is 403. The Kier molecular flexibility index (Phi) is 3.54. The molecule has 6 heteroatoms. The van der Waals surface area contributed by atoms with Crippen LogP contribution in [0.1, 0.15) is 11.5 Å². The smallest absolute Gasteiger partial charge is 0.147 e. The second kappa shape index (κ2) is 4.47. The van der Waals surface area contributed by atoms with Crippen molar-refractivity contribution in [2.45, 2.75) is 13.0 Å². The van der Waals surface area contributed by atoms with E-state index < -0.39 is 9.84 Å². The van der Waals surface area contributed by atoms with E-state index in [4.69, 9.17) is 5.73 Å². The van der Waals surface area contributed by atoms with Gasteiger partial charge in [0.2, 0.25) is 0 Å². The summed E-state index contributed by atoms with van der Waals surface area (Å²) in [6, 6.07) is 1.71. The highest BCUT2D eigenvalue weighted by molar-refractivity contribution is 7.90. The lowest BCUT2D eigenvalue weighted by atomic mass is 10.4. The normalized spacial score (nSPS) is 11.6. The van der Waals surface area contributed by atoms with Crippen LogP contribution in [0, 0.1) is 0 Å². The molecule has 1 aromatic rings. The quantitative estimate of drug-likeness (QED) is 0.733. The van der Waals surface area contributed by atoms with Crippen LogP contribution in [0.3, 0.4) is 0 Å². The van der Waals surface area contributed by atoms with E-state index in [1.165, 1.54) is 6.26 Å². The van der Waals surface area contributed by atoms with Crippen LogP contribution in [-0.4, -0.2) is 30.4 Å². The molecule has 0 bridgehead atoms. The number of sulfone groups is 1. The molecule has 0 amide bonds. The summed E-state index contributed by atoms with van der Waals surface area (Å²) in [5.41, 5.74) is 6.12. The molecular formula is C8H13N3O2S. The average molecular weight is 215 g/mol. The number of aromatic nitrogens is 2. The summed E-state index contributed by atoms with van der Waals surface area (Å²) in [7, 11) is -2.95. The van der Waals surface area contributed by atoms with Gasteiger partial charge < -0.3 is 5.73 Å². The Morgan fingerprint density at radius 1 is 1.50 bits per heavy atom. The lowest BCUT2D eigenvalue weighted by molar-refractivity contribution is 0.600. The average Bonchev–Trinajstić information content (AvgIpc) is 2.14. The molecule has 0 aromatic carbocycles. The van der Waals surface area contributed by atoms with Crippen LogP contribution in [0.15, 0.2) is 12.3 Å². The van der Waals surface area contributed by atoms with E-state index in [0.29, 0.717) is 18.8 Å². The third-order valence-electron chi connectivity index (χ3n) is 1.67. The molecule has 0 aliphatic rings. The van der Waals surface area contributed by atoms with Gasteiger partial charge in [-0.15, -0.1) is 0 Å². The van der Waals surface area contributed by atoms with Crippen LogP contribution >= 0.6 is 0 Å². The molecule has 0 aliphatic heterocycles. The molecule has 78 valence electrons. The topological polar surface area (TPSA) is 85.9 Å². The first-order valence-electron chi connectivity index (χ1n) is 4.20. The summed E-state index contributed by atoms with van der Waals surface area (Å²) in [6.45, 7) is 0.342. The predicted molar refractivity (Wildman–Crippen MR) is 53.3 cm³/mol. The fraction of sp³-hybridized carbons (Fsp3) is 0.500. The summed E-state index contributed by atoms with van der Waals surface area (Å²) in [5.74, 6) is 0.597. The van der Waals surface area contributed by atoms with Crippen molar-refractivity contribution in [1.29, 1.82) is 0 Å². The summed E-state index contributed by atoms with van der Waals surface area (Å²) in [6.07, 6.45) is 3.12. The van der Waals surface area contributed by atoms with Crippen LogP contribution in [0.2, 0.25) is 0 Å². The molecule has 0 atom stereocenters. The first-order valence-corrected chi connectivity index (χ1v) is 6.26. The fourth-order valence-corrected chi connectivity index (χ4v) is 1.51. The lowest BCUT2D eigenvalue weighted by Crippen LogP contribution is -2.10. The first kappa shape index (κ1) is 11.1. The van der Waals surface area contributed by atoms with Crippen molar-refractivity contribution in [3.63, 3.8) is 0 Å². The van der Waals surface area contributed by atoms with Crippen molar-refractivity contribution in [1.82, 2.24) is 9.97 Å². The van der Waals surface area contributed by atoms with E-state index in [2.05, 4.69) is 9.97 Å². The molecule has 0 radical (unpaired) electrons. The van der Waals surface area contributed by atoms with Crippen molar-refractivity contribution in [2.24, 2.45) is 5.73 Å². The molecule has 14 heavy (non-hydrogen) atoms. The monoisotopic (exact) mass is 215 g/mol. The first-order chi connectivity index (χ1) is 6.51. The molecular weight excluding hydrogens is 202 g/mol. The van der Waals surface area contributed by atoms with E-state index in [1.54, 1.807) is 12.3 Å². The van der Waals surface area contributed by atoms with Gasteiger partial charge in [-0.25, -0.2) is 18.4 Å². The molecule has 1 aromatic heterocycles. The van der Waals surface area contributed by atoms with Crippen LogP contribution in [0.4, 0.5) is 0 Å². The fourth-order valence-electron chi connectivity index (χ4n) is 0.952. The van der Waals surface area contributed by atoms with Gasteiger partial charge in [-0.1, -0.05) is 0 Å². The predicted octanol–water partition coefficient (Wildman–Crippen LogP) is -0.478. The lowest BCUT2D eigenvalue weighted by Gasteiger charge is -2.00. The maximum atomic E-state index is 10.9. The van der Waals surface area contributed by atoms with Crippen LogP contribution in [0.25, 0.3) is 0 Å². The van der Waals surface area contributed by atoms with Gasteiger partial charge in [0, 0.05) is 25.4 Å². The minimum absolute atomic E-state index is 0.0705. The maximum absolute atomic E-state index is 10.9. The summed E-state index contributed by atoms with van der Waals surface area (Å²) >= 11 is 0. The Morgan fingerprint density at radius 2 is 2.21 bits per heavy atom. The second-order valence-corrected chi connectivity index (χ2v) is 5.31.